The summed E-state index contributed by atoms with van der Waals surface area (Å²) in [6.07, 6.45) is -4.83. The second-order valence-corrected chi connectivity index (χ2v) is 4.45. The van der Waals surface area contributed by atoms with Gasteiger partial charge in [0.25, 0.3) is 5.91 Å². The minimum atomic E-state index is -4.83. The van der Waals surface area contributed by atoms with Crippen LogP contribution in [0.5, 0.6) is 0 Å². The van der Waals surface area contributed by atoms with E-state index < -0.39 is 23.5 Å². The van der Waals surface area contributed by atoms with Gasteiger partial charge in [0, 0.05) is 31.2 Å². The summed E-state index contributed by atoms with van der Waals surface area (Å²) in [6.45, 7) is 0.531. The zero-order valence-corrected chi connectivity index (χ0v) is 9.75. The van der Waals surface area contributed by atoms with Gasteiger partial charge in [-0.3, -0.25) is 4.79 Å². The average Bonchev–Trinajstić information content (AvgIpc) is 2.26. The highest BCUT2D eigenvalue weighted by Gasteiger charge is 2.36. The number of carbonyl (C=O) groups excluding carboxylic acids is 1. The summed E-state index contributed by atoms with van der Waals surface area (Å²) in [5, 5.41) is 8.81. The molecule has 104 valence electrons. The van der Waals surface area contributed by atoms with E-state index in [1.807, 2.05) is 0 Å². The number of aliphatic hydroxyl groups is 1. The van der Waals surface area contributed by atoms with Gasteiger partial charge in [0.05, 0.1) is 5.56 Å². The molecule has 3 nitrogen and oxygen atoms in total. The molecule has 1 aromatic rings. The van der Waals surface area contributed by atoms with Gasteiger partial charge < -0.3 is 10.0 Å². The van der Waals surface area contributed by atoms with Gasteiger partial charge >= 0.3 is 6.18 Å². The number of alkyl halides is 3. The molecule has 1 fully saturated rings. The lowest BCUT2D eigenvalue weighted by Crippen LogP contribution is -2.51. The van der Waals surface area contributed by atoms with Gasteiger partial charge in [-0.2, -0.15) is 13.2 Å². The molecule has 0 unspecified atom stereocenters. The van der Waals surface area contributed by atoms with Gasteiger partial charge in [-0.05, 0) is 18.2 Å². The molecule has 0 bridgehead atoms. The Balaban J connectivity index is 2.20. The Bertz CT molecular complexity index is 495. The average molecular weight is 277 g/mol. The first-order chi connectivity index (χ1) is 8.82. The predicted octanol–water partition coefficient (Wildman–Crippen LogP) is 1.91. The van der Waals surface area contributed by atoms with E-state index >= 15 is 0 Å². The summed E-state index contributed by atoms with van der Waals surface area (Å²) < 4.78 is 50.6. The van der Waals surface area contributed by atoms with Crippen molar-refractivity contribution in [3.8, 4) is 0 Å². The van der Waals surface area contributed by atoms with Crippen LogP contribution in [-0.2, 0) is 6.18 Å². The quantitative estimate of drug-likeness (QED) is 0.839. The normalized spacial score (nSPS) is 16.4. The Labute approximate surface area is 106 Å². The molecule has 1 heterocycles. The summed E-state index contributed by atoms with van der Waals surface area (Å²) >= 11 is 0. The third kappa shape index (κ3) is 2.70. The molecule has 2 rings (SSSR count). The molecule has 0 radical (unpaired) electrons. The van der Waals surface area contributed by atoms with Gasteiger partial charge in [0.15, 0.2) is 0 Å². The Morgan fingerprint density at radius 3 is 2.53 bits per heavy atom. The van der Waals surface area contributed by atoms with Gasteiger partial charge in [0.2, 0.25) is 0 Å². The van der Waals surface area contributed by atoms with Crippen molar-refractivity contribution < 1.29 is 27.5 Å². The number of nitrogens with zero attached hydrogens (tertiary/aromatic N) is 1. The zero-order valence-electron chi connectivity index (χ0n) is 9.75. The standard InChI is InChI=1S/C12H11F4NO2/c13-10-2-1-8(3-9(10)12(14,15)16)11(19)17-4-7(5-17)6-18/h1-3,7,18H,4-6H2. The molecule has 0 aromatic heterocycles. The zero-order chi connectivity index (χ0) is 14.2. The van der Waals surface area contributed by atoms with E-state index in [1.54, 1.807) is 0 Å². The Morgan fingerprint density at radius 2 is 2.00 bits per heavy atom. The van der Waals surface area contributed by atoms with E-state index in [4.69, 9.17) is 5.11 Å². The molecule has 1 aliphatic rings. The number of amides is 1. The second kappa shape index (κ2) is 4.80. The van der Waals surface area contributed by atoms with Crippen LogP contribution in [0.4, 0.5) is 17.6 Å². The molecule has 7 heteroatoms. The van der Waals surface area contributed by atoms with E-state index in [0.717, 1.165) is 6.07 Å². The predicted molar refractivity (Wildman–Crippen MR) is 57.9 cm³/mol. The van der Waals surface area contributed by atoms with Crippen LogP contribution in [0.2, 0.25) is 0 Å². The Hall–Kier alpha value is -1.63. The summed E-state index contributed by atoms with van der Waals surface area (Å²) in [7, 11) is 0. The fourth-order valence-electron chi connectivity index (χ4n) is 1.91. The van der Waals surface area contributed by atoms with Crippen LogP contribution in [0.3, 0.4) is 0 Å². The second-order valence-electron chi connectivity index (χ2n) is 4.45. The van der Waals surface area contributed by atoms with Crippen molar-refractivity contribution in [1.82, 2.24) is 4.90 Å². The van der Waals surface area contributed by atoms with E-state index in [9.17, 15) is 22.4 Å². The number of carbonyl (C=O) groups is 1. The maximum Gasteiger partial charge on any atom is 0.419 e. The lowest BCUT2D eigenvalue weighted by atomic mass is 9.99. The highest BCUT2D eigenvalue weighted by molar-refractivity contribution is 5.95. The number of hydrogen-bond donors (Lipinski definition) is 1. The van der Waals surface area contributed by atoms with Gasteiger partial charge in [-0.15, -0.1) is 0 Å². The molecule has 1 saturated heterocycles. The largest absolute Gasteiger partial charge is 0.419 e. The minimum Gasteiger partial charge on any atom is -0.396 e. The molecule has 0 aliphatic carbocycles. The summed E-state index contributed by atoms with van der Waals surface area (Å²) in [5.41, 5.74) is -1.65. The molecule has 19 heavy (non-hydrogen) atoms. The van der Waals surface area contributed by atoms with Crippen LogP contribution in [0.15, 0.2) is 18.2 Å². The van der Waals surface area contributed by atoms with E-state index in [0.29, 0.717) is 25.2 Å². The van der Waals surface area contributed by atoms with Gasteiger partial charge in [-0.1, -0.05) is 0 Å². The third-order valence-corrected chi connectivity index (χ3v) is 3.02. The third-order valence-electron chi connectivity index (χ3n) is 3.02. The summed E-state index contributed by atoms with van der Waals surface area (Å²) in [5.74, 6) is -2.03. The van der Waals surface area contributed by atoms with Crippen molar-refractivity contribution >= 4 is 5.91 Å². The molecular formula is C12H11F4NO2. The maximum atomic E-state index is 13.1. The molecule has 0 atom stereocenters. The van der Waals surface area contributed by atoms with Crippen molar-refractivity contribution in [1.29, 1.82) is 0 Å². The molecule has 1 aliphatic heterocycles. The lowest BCUT2D eigenvalue weighted by molar-refractivity contribution is -0.140. The van der Waals surface area contributed by atoms with Crippen LogP contribution in [0.1, 0.15) is 15.9 Å². The van der Waals surface area contributed by atoms with Crippen LogP contribution >= 0.6 is 0 Å². The highest BCUT2D eigenvalue weighted by Crippen LogP contribution is 2.32. The lowest BCUT2D eigenvalue weighted by Gasteiger charge is -2.38. The number of hydrogen-bond acceptors (Lipinski definition) is 2. The number of rotatable bonds is 2. The van der Waals surface area contributed by atoms with Crippen molar-refractivity contribution in [3.63, 3.8) is 0 Å². The highest BCUT2D eigenvalue weighted by atomic mass is 19.4. The SMILES string of the molecule is O=C(c1ccc(F)c(C(F)(F)F)c1)N1CC(CO)C1. The topological polar surface area (TPSA) is 40.5 Å². The monoisotopic (exact) mass is 277 g/mol. The van der Waals surface area contributed by atoms with E-state index in [2.05, 4.69) is 0 Å². The van der Waals surface area contributed by atoms with Crippen LogP contribution in [0.25, 0.3) is 0 Å². The molecule has 1 amide bonds. The molecule has 0 spiro atoms. The van der Waals surface area contributed by atoms with E-state index in [-0.39, 0.29) is 18.1 Å². The van der Waals surface area contributed by atoms with Crippen molar-refractivity contribution in [2.75, 3.05) is 19.7 Å². The smallest absolute Gasteiger partial charge is 0.396 e. The number of likely N-dealkylation sites (tertiary alicyclic amines) is 1. The van der Waals surface area contributed by atoms with Gasteiger partial charge in [0.1, 0.15) is 5.82 Å². The number of aliphatic hydroxyl groups excluding tert-OH is 1. The fraction of sp³-hybridized carbons (Fsp3) is 0.417. The van der Waals surface area contributed by atoms with Crippen LogP contribution < -0.4 is 0 Å². The first-order valence-electron chi connectivity index (χ1n) is 5.60. The van der Waals surface area contributed by atoms with Crippen LogP contribution in [0, 0.1) is 11.7 Å². The first kappa shape index (κ1) is 13.8. The number of halogens is 4. The summed E-state index contributed by atoms with van der Waals surface area (Å²) in [6, 6.07) is 2.18. The van der Waals surface area contributed by atoms with E-state index in [1.165, 1.54) is 4.90 Å². The summed E-state index contributed by atoms with van der Waals surface area (Å²) in [4.78, 5) is 13.1. The van der Waals surface area contributed by atoms with Crippen molar-refractivity contribution in [2.45, 2.75) is 6.18 Å². The molecular weight excluding hydrogens is 266 g/mol. The Morgan fingerprint density at radius 1 is 1.37 bits per heavy atom. The fourth-order valence-corrected chi connectivity index (χ4v) is 1.91. The van der Waals surface area contributed by atoms with Gasteiger partial charge in [-0.25, -0.2) is 4.39 Å². The van der Waals surface area contributed by atoms with Crippen LogP contribution in [-0.4, -0.2) is 35.6 Å². The molecule has 1 aromatic carbocycles. The minimum absolute atomic E-state index is 0.0357. The molecule has 1 N–H and O–H groups in total. The number of benzene rings is 1. The van der Waals surface area contributed by atoms with Crippen molar-refractivity contribution in [2.24, 2.45) is 5.92 Å². The van der Waals surface area contributed by atoms with Crippen molar-refractivity contribution in [3.05, 3.63) is 35.1 Å². The maximum absolute atomic E-state index is 13.1. The molecule has 0 saturated carbocycles. The first-order valence-corrected chi connectivity index (χ1v) is 5.60. The Kier molecular flexibility index (Phi) is 3.49.